The molecular weight excluding hydrogens is 266 g/mol. The molecule has 110 valence electrons. The summed E-state index contributed by atoms with van der Waals surface area (Å²) in [6.45, 7) is 5.78. The first-order chi connectivity index (χ1) is 9.85. The molecule has 3 unspecified atom stereocenters. The van der Waals surface area contributed by atoms with Gasteiger partial charge in [0.15, 0.2) is 5.13 Å². The minimum Gasteiger partial charge on any atom is -0.348 e. The molecule has 1 aromatic heterocycles. The van der Waals surface area contributed by atoms with E-state index in [2.05, 4.69) is 17.1 Å². The van der Waals surface area contributed by atoms with Gasteiger partial charge in [-0.05, 0) is 50.5 Å². The summed E-state index contributed by atoms with van der Waals surface area (Å²) < 4.78 is 0. The summed E-state index contributed by atoms with van der Waals surface area (Å²) in [6, 6.07) is 0.510. The second kappa shape index (κ2) is 5.30. The number of hydrogen-bond donors (Lipinski definition) is 1. The Bertz CT molecular complexity index is 472. The van der Waals surface area contributed by atoms with Crippen LogP contribution in [0.15, 0.2) is 0 Å². The van der Waals surface area contributed by atoms with E-state index in [1.807, 2.05) is 11.3 Å². The number of rotatable bonds is 3. The van der Waals surface area contributed by atoms with E-state index in [1.54, 1.807) is 4.88 Å². The molecule has 3 nitrogen and oxygen atoms in total. The number of nitrogens with zero attached hydrogens (tertiary/aromatic N) is 2. The van der Waals surface area contributed by atoms with Gasteiger partial charge in [0.2, 0.25) is 0 Å². The van der Waals surface area contributed by atoms with Crippen LogP contribution < -0.4 is 10.2 Å². The first kappa shape index (κ1) is 13.1. The molecule has 0 spiro atoms. The van der Waals surface area contributed by atoms with Gasteiger partial charge in [-0.15, -0.1) is 11.3 Å². The molecule has 2 aliphatic carbocycles. The standard InChI is InChI=1S/C16H25N3S/c1-2-17-13-7-4-8-14-15(13)18-16(20-14)19-9-11-5-3-6-12(11)10-19/h11-13,17H,2-10H2,1H3. The Labute approximate surface area is 125 Å². The lowest BCUT2D eigenvalue weighted by atomic mass is 9.98. The third kappa shape index (κ3) is 2.17. The monoisotopic (exact) mass is 291 g/mol. The van der Waals surface area contributed by atoms with Gasteiger partial charge in [0.25, 0.3) is 0 Å². The fourth-order valence-corrected chi connectivity index (χ4v) is 5.56. The van der Waals surface area contributed by atoms with Crippen molar-refractivity contribution in [3.8, 4) is 0 Å². The minimum absolute atomic E-state index is 0.510. The lowest BCUT2D eigenvalue weighted by Gasteiger charge is -2.21. The number of anilines is 1. The van der Waals surface area contributed by atoms with Crippen LogP contribution in [0.2, 0.25) is 0 Å². The zero-order chi connectivity index (χ0) is 13.5. The van der Waals surface area contributed by atoms with Gasteiger partial charge in [-0.2, -0.15) is 0 Å². The molecular formula is C16H25N3S. The van der Waals surface area contributed by atoms with Gasteiger partial charge in [-0.3, -0.25) is 0 Å². The van der Waals surface area contributed by atoms with Crippen LogP contribution in [0.5, 0.6) is 0 Å². The summed E-state index contributed by atoms with van der Waals surface area (Å²) in [5.41, 5.74) is 1.37. The summed E-state index contributed by atoms with van der Waals surface area (Å²) in [5.74, 6) is 1.92. The third-order valence-corrected chi connectivity index (χ3v) is 6.58. The largest absolute Gasteiger partial charge is 0.348 e. The van der Waals surface area contributed by atoms with E-state index in [1.165, 1.54) is 62.4 Å². The second-order valence-corrected chi connectivity index (χ2v) is 7.73. The third-order valence-electron chi connectivity index (χ3n) is 5.39. The van der Waals surface area contributed by atoms with E-state index in [4.69, 9.17) is 4.98 Å². The molecule has 4 heteroatoms. The Kier molecular flexibility index (Phi) is 3.47. The Hall–Kier alpha value is -0.610. The molecule has 2 fully saturated rings. The van der Waals surface area contributed by atoms with Gasteiger partial charge in [0.05, 0.1) is 11.7 Å². The van der Waals surface area contributed by atoms with Crippen molar-refractivity contribution in [3.05, 3.63) is 10.6 Å². The average Bonchev–Trinajstić information content (AvgIpc) is 3.12. The molecule has 20 heavy (non-hydrogen) atoms. The van der Waals surface area contributed by atoms with Crippen LogP contribution >= 0.6 is 11.3 Å². The predicted molar refractivity (Wildman–Crippen MR) is 84.5 cm³/mol. The highest BCUT2D eigenvalue weighted by molar-refractivity contribution is 7.15. The van der Waals surface area contributed by atoms with E-state index >= 15 is 0 Å². The lowest BCUT2D eigenvalue weighted by Crippen LogP contribution is -2.25. The molecule has 0 bridgehead atoms. The Morgan fingerprint density at radius 3 is 2.75 bits per heavy atom. The molecule has 0 aromatic carbocycles. The first-order valence-corrected chi connectivity index (χ1v) is 9.14. The molecule has 1 aromatic rings. The van der Waals surface area contributed by atoms with Crippen molar-refractivity contribution in [1.82, 2.24) is 10.3 Å². The van der Waals surface area contributed by atoms with Crippen LogP contribution in [0, 0.1) is 11.8 Å². The zero-order valence-corrected chi connectivity index (χ0v) is 13.2. The molecule has 1 saturated carbocycles. The SMILES string of the molecule is CCNC1CCCc2sc(N3CC4CCCC4C3)nc21. The van der Waals surface area contributed by atoms with Crippen molar-refractivity contribution in [2.75, 3.05) is 24.5 Å². The van der Waals surface area contributed by atoms with Gasteiger partial charge in [-0.1, -0.05) is 13.3 Å². The maximum absolute atomic E-state index is 5.04. The maximum Gasteiger partial charge on any atom is 0.185 e. The van der Waals surface area contributed by atoms with E-state index in [0.29, 0.717) is 6.04 Å². The minimum atomic E-state index is 0.510. The fourth-order valence-electron chi connectivity index (χ4n) is 4.38. The van der Waals surface area contributed by atoms with Gasteiger partial charge in [-0.25, -0.2) is 4.98 Å². The van der Waals surface area contributed by atoms with E-state index < -0.39 is 0 Å². The van der Waals surface area contributed by atoms with Crippen molar-refractivity contribution < 1.29 is 0 Å². The number of nitrogens with one attached hydrogen (secondary N) is 1. The van der Waals surface area contributed by atoms with Crippen LogP contribution in [0.3, 0.4) is 0 Å². The second-order valence-electron chi connectivity index (χ2n) is 6.66. The summed E-state index contributed by atoms with van der Waals surface area (Å²) in [6.07, 6.45) is 8.18. The van der Waals surface area contributed by atoms with Crippen LogP contribution in [0.4, 0.5) is 5.13 Å². The van der Waals surface area contributed by atoms with E-state index in [0.717, 1.165) is 18.4 Å². The lowest BCUT2D eigenvalue weighted by molar-refractivity contribution is 0.465. The van der Waals surface area contributed by atoms with Gasteiger partial charge >= 0.3 is 0 Å². The summed E-state index contributed by atoms with van der Waals surface area (Å²) in [7, 11) is 0. The quantitative estimate of drug-likeness (QED) is 0.925. The predicted octanol–water partition coefficient (Wildman–Crippen LogP) is 3.37. The topological polar surface area (TPSA) is 28.2 Å². The van der Waals surface area contributed by atoms with Crippen molar-refractivity contribution >= 4 is 16.5 Å². The molecule has 4 rings (SSSR count). The van der Waals surface area contributed by atoms with Crippen molar-refractivity contribution in [1.29, 1.82) is 0 Å². The molecule has 1 aliphatic heterocycles. The molecule has 1 N–H and O–H groups in total. The Balaban J connectivity index is 1.55. The summed E-state index contributed by atoms with van der Waals surface area (Å²) in [5, 5.41) is 4.92. The molecule has 1 saturated heterocycles. The zero-order valence-electron chi connectivity index (χ0n) is 12.4. The highest BCUT2D eigenvalue weighted by Crippen LogP contribution is 2.43. The van der Waals surface area contributed by atoms with Crippen LogP contribution in [-0.4, -0.2) is 24.6 Å². The fraction of sp³-hybridized carbons (Fsp3) is 0.812. The van der Waals surface area contributed by atoms with Crippen molar-refractivity contribution in [3.63, 3.8) is 0 Å². The Morgan fingerprint density at radius 2 is 2.00 bits per heavy atom. The number of thiazole rings is 1. The molecule has 0 amide bonds. The van der Waals surface area contributed by atoms with E-state index in [-0.39, 0.29) is 0 Å². The van der Waals surface area contributed by atoms with Gasteiger partial charge < -0.3 is 10.2 Å². The molecule has 3 atom stereocenters. The highest BCUT2D eigenvalue weighted by Gasteiger charge is 2.37. The molecule has 0 radical (unpaired) electrons. The Morgan fingerprint density at radius 1 is 1.20 bits per heavy atom. The van der Waals surface area contributed by atoms with Gasteiger partial charge in [0.1, 0.15) is 0 Å². The number of aryl methyl sites for hydroxylation is 1. The number of fused-ring (bicyclic) bond motifs is 2. The van der Waals surface area contributed by atoms with Gasteiger partial charge in [0, 0.05) is 18.0 Å². The number of aromatic nitrogens is 1. The summed E-state index contributed by atoms with van der Waals surface area (Å²) >= 11 is 1.98. The van der Waals surface area contributed by atoms with Crippen LogP contribution in [0.1, 0.15) is 55.6 Å². The first-order valence-electron chi connectivity index (χ1n) is 8.33. The van der Waals surface area contributed by atoms with Crippen molar-refractivity contribution in [2.24, 2.45) is 11.8 Å². The van der Waals surface area contributed by atoms with Crippen LogP contribution in [0.25, 0.3) is 0 Å². The smallest absolute Gasteiger partial charge is 0.185 e. The maximum atomic E-state index is 5.04. The highest BCUT2D eigenvalue weighted by atomic mass is 32.1. The summed E-state index contributed by atoms with van der Waals surface area (Å²) in [4.78, 5) is 9.18. The normalized spacial score (nSPS) is 32.5. The van der Waals surface area contributed by atoms with E-state index in [9.17, 15) is 0 Å². The molecule has 2 heterocycles. The number of hydrogen-bond acceptors (Lipinski definition) is 4. The van der Waals surface area contributed by atoms with Crippen LogP contribution in [-0.2, 0) is 6.42 Å². The molecule has 3 aliphatic rings. The average molecular weight is 291 g/mol. The van der Waals surface area contributed by atoms with Crippen molar-refractivity contribution in [2.45, 2.75) is 51.5 Å².